The van der Waals surface area contributed by atoms with Crippen molar-refractivity contribution < 1.29 is 8.85 Å². The van der Waals surface area contributed by atoms with Gasteiger partial charge in [-0.05, 0) is 39.5 Å². The summed E-state index contributed by atoms with van der Waals surface area (Å²) in [6, 6.07) is 0.648. The van der Waals surface area contributed by atoms with Crippen LogP contribution < -0.4 is 4.98 Å². The Kier molecular flexibility index (Phi) is 5.67. The van der Waals surface area contributed by atoms with Crippen LogP contribution in [-0.4, -0.2) is 28.0 Å². The van der Waals surface area contributed by atoms with E-state index >= 15 is 0 Å². The van der Waals surface area contributed by atoms with Crippen LogP contribution in [0.2, 0.25) is 5.54 Å². The van der Waals surface area contributed by atoms with E-state index in [0.29, 0.717) is 11.6 Å². The predicted octanol–water partition coefficient (Wildman–Crippen LogP) is 3.47. The van der Waals surface area contributed by atoms with Crippen molar-refractivity contribution in [2.24, 2.45) is 0 Å². The molecule has 0 aliphatic heterocycles. The Bertz CT molecular complexity index is 232. The second-order valence-corrected chi connectivity index (χ2v) is 8.66. The summed E-state index contributed by atoms with van der Waals surface area (Å²) in [5.41, 5.74) is 0.665. The summed E-state index contributed by atoms with van der Waals surface area (Å²) in [5, 5.41) is 0. The summed E-state index contributed by atoms with van der Waals surface area (Å²) in [7, 11) is -2.18. The number of hydrogen-bond donors (Lipinski definition) is 1. The quantitative estimate of drug-likeness (QED) is 0.719. The molecule has 0 aromatic heterocycles. The van der Waals surface area contributed by atoms with Gasteiger partial charge >= 0.3 is 8.72 Å². The molecule has 2 aliphatic carbocycles. The average Bonchev–Trinajstić information content (AvgIpc) is 3.02. The van der Waals surface area contributed by atoms with Crippen molar-refractivity contribution in [2.75, 3.05) is 13.2 Å². The van der Waals surface area contributed by atoms with E-state index in [2.05, 4.69) is 18.8 Å². The lowest BCUT2D eigenvalue weighted by Gasteiger charge is -2.37. The first kappa shape index (κ1) is 14.5. The van der Waals surface area contributed by atoms with E-state index in [1.165, 1.54) is 51.4 Å². The van der Waals surface area contributed by atoms with Crippen LogP contribution in [0.5, 0.6) is 0 Å². The van der Waals surface area contributed by atoms with Gasteiger partial charge in [-0.25, -0.2) is 0 Å². The van der Waals surface area contributed by atoms with Crippen molar-refractivity contribution in [2.45, 2.75) is 76.8 Å². The third-order valence-corrected chi connectivity index (χ3v) is 8.27. The summed E-state index contributed by atoms with van der Waals surface area (Å²) in [5.74, 6) is 0. The molecule has 2 saturated carbocycles. The molecular weight excluding hydrogens is 242 g/mol. The van der Waals surface area contributed by atoms with Gasteiger partial charge < -0.3 is 8.85 Å². The van der Waals surface area contributed by atoms with Gasteiger partial charge in [-0.3, -0.25) is 4.98 Å². The van der Waals surface area contributed by atoms with Gasteiger partial charge in [0.1, 0.15) is 0 Å². The highest BCUT2D eigenvalue weighted by atomic mass is 28.4. The highest BCUT2D eigenvalue weighted by Gasteiger charge is 2.49. The van der Waals surface area contributed by atoms with E-state index < -0.39 is 8.72 Å². The van der Waals surface area contributed by atoms with Crippen LogP contribution in [0.4, 0.5) is 0 Å². The predicted molar refractivity (Wildman–Crippen MR) is 76.6 cm³/mol. The molecule has 0 heterocycles. The molecule has 0 saturated heterocycles. The maximum absolute atomic E-state index is 6.22. The minimum absolute atomic E-state index is 0.648. The van der Waals surface area contributed by atoms with Gasteiger partial charge in [-0.1, -0.05) is 25.7 Å². The number of rotatable bonds is 7. The van der Waals surface area contributed by atoms with Crippen molar-refractivity contribution in [1.29, 1.82) is 0 Å². The van der Waals surface area contributed by atoms with Gasteiger partial charge in [0.05, 0.1) is 0 Å². The van der Waals surface area contributed by atoms with Gasteiger partial charge in [0.25, 0.3) is 0 Å². The molecule has 0 aromatic carbocycles. The minimum Gasteiger partial charge on any atom is -0.383 e. The fourth-order valence-electron chi connectivity index (χ4n) is 3.57. The van der Waals surface area contributed by atoms with Gasteiger partial charge in [0.2, 0.25) is 0 Å². The molecule has 0 amide bonds. The zero-order valence-electron chi connectivity index (χ0n) is 12.0. The van der Waals surface area contributed by atoms with Gasteiger partial charge in [0.15, 0.2) is 0 Å². The Morgan fingerprint density at radius 1 is 0.889 bits per heavy atom. The zero-order chi connectivity index (χ0) is 12.8. The topological polar surface area (TPSA) is 30.5 Å². The molecule has 4 heteroatoms. The molecule has 0 bridgehead atoms. The Morgan fingerprint density at radius 3 is 1.89 bits per heavy atom. The Hall–Kier alpha value is 0.0969. The number of hydrogen-bond acceptors (Lipinski definition) is 3. The summed E-state index contributed by atoms with van der Waals surface area (Å²) in [4.78, 5) is 3.87. The molecule has 1 N–H and O–H groups in total. The van der Waals surface area contributed by atoms with Crippen molar-refractivity contribution in [1.82, 2.24) is 4.98 Å². The van der Waals surface area contributed by atoms with Crippen LogP contribution in [0.1, 0.15) is 65.2 Å². The second kappa shape index (κ2) is 7.03. The SMILES string of the molecule is CCO[Si](NC1CCCC1)(OCC)C1CCCC1. The zero-order valence-corrected chi connectivity index (χ0v) is 13.0. The van der Waals surface area contributed by atoms with E-state index in [9.17, 15) is 0 Å². The highest BCUT2D eigenvalue weighted by Crippen LogP contribution is 2.39. The van der Waals surface area contributed by atoms with E-state index in [-0.39, 0.29) is 0 Å². The molecule has 2 fully saturated rings. The Labute approximate surface area is 113 Å². The van der Waals surface area contributed by atoms with Crippen LogP contribution in [0.3, 0.4) is 0 Å². The number of nitrogens with one attached hydrogen (secondary N) is 1. The molecule has 3 nitrogen and oxygen atoms in total. The normalized spacial score (nSPS) is 23.0. The first-order chi connectivity index (χ1) is 8.80. The van der Waals surface area contributed by atoms with Crippen molar-refractivity contribution in [3.8, 4) is 0 Å². The molecule has 0 radical (unpaired) electrons. The van der Waals surface area contributed by atoms with Crippen molar-refractivity contribution in [3.63, 3.8) is 0 Å². The summed E-state index contributed by atoms with van der Waals surface area (Å²) in [6.07, 6.45) is 10.6. The first-order valence-corrected chi connectivity index (χ1v) is 9.75. The van der Waals surface area contributed by atoms with Crippen LogP contribution in [0.15, 0.2) is 0 Å². The van der Waals surface area contributed by atoms with E-state index in [1.807, 2.05) is 0 Å². The lowest BCUT2D eigenvalue weighted by atomic mass is 10.3. The van der Waals surface area contributed by atoms with E-state index in [4.69, 9.17) is 8.85 Å². The third kappa shape index (κ3) is 3.35. The van der Waals surface area contributed by atoms with Crippen LogP contribution in [0, 0.1) is 0 Å². The summed E-state index contributed by atoms with van der Waals surface area (Å²) in [6.45, 7) is 5.77. The lowest BCUT2D eigenvalue weighted by molar-refractivity contribution is 0.155. The molecule has 2 aliphatic rings. The highest BCUT2D eigenvalue weighted by molar-refractivity contribution is 6.66. The fourth-order valence-corrected chi connectivity index (χ4v) is 7.41. The maximum Gasteiger partial charge on any atom is 0.428 e. The molecule has 106 valence electrons. The van der Waals surface area contributed by atoms with Crippen LogP contribution in [0.25, 0.3) is 0 Å². The standard InChI is InChI=1S/C14H29NO2Si/c1-3-16-18(17-4-2,14-11-7-8-12-14)15-13-9-5-6-10-13/h13-15H,3-12H2,1-2H3. The Morgan fingerprint density at radius 2 is 1.39 bits per heavy atom. The van der Waals surface area contributed by atoms with Gasteiger partial charge in [-0.2, -0.15) is 0 Å². The third-order valence-electron chi connectivity index (χ3n) is 4.37. The van der Waals surface area contributed by atoms with Crippen LogP contribution >= 0.6 is 0 Å². The molecule has 2 rings (SSSR count). The minimum atomic E-state index is -2.18. The van der Waals surface area contributed by atoms with E-state index in [1.54, 1.807) is 0 Å². The molecule has 18 heavy (non-hydrogen) atoms. The van der Waals surface area contributed by atoms with Gasteiger partial charge in [-0.15, -0.1) is 0 Å². The Balaban J connectivity index is 2.06. The molecule has 0 aromatic rings. The fraction of sp³-hybridized carbons (Fsp3) is 1.00. The lowest BCUT2D eigenvalue weighted by Crippen LogP contribution is -2.62. The monoisotopic (exact) mass is 271 g/mol. The van der Waals surface area contributed by atoms with Crippen LogP contribution in [-0.2, 0) is 8.85 Å². The smallest absolute Gasteiger partial charge is 0.383 e. The maximum atomic E-state index is 6.22. The second-order valence-electron chi connectivity index (χ2n) is 5.64. The largest absolute Gasteiger partial charge is 0.428 e. The summed E-state index contributed by atoms with van der Waals surface area (Å²) >= 11 is 0. The van der Waals surface area contributed by atoms with Gasteiger partial charge in [0, 0.05) is 24.8 Å². The van der Waals surface area contributed by atoms with Crippen molar-refractivity contribution >= 4 is 8.72 Å². The molecule has 0 unspecified atom stereocenters. The van der Waals surface area contributed by atoms with E-state index in [0.717, 1.165) is 13.2 Å². The summed E-state index contributed by atoms with van der Waals surface area (Å²) < 4.78 is 12.4. The molecule has 0 spiro atoms. The first-order valence-electron chi connectivity index (χ1n) is 7.86. The van der Waals surface area contributed by atoms with Crippen molar-refractivity contribution in [3.05, 3.63) is 0 Å². The molecular formula is C14H29NO2Si. The molecule has 0 atom stereocenters. The average molecular weight is 271 g/mol.